The summed E-state index contributed by atoms with van der Waals surface area (Å²) < 4.78 is 0. The molecule has 0 fully saturated rings. The number of phenols is 1. The number of hydrogen-bond donors (Lipinski definition) is 2. The molecule has 3 aromatic rings. The largest absolute Gasteiger partial charge is 0.506 e. The Labute approximate surface area is 126 Å². The first-order chi connectivity index (χ1) is 10.2. The summed E-state index contributed by atoms with van der Waals surface area (Å²) in [5.74, 6) is -0.602. The van der Waals surface area contributed by atoms with Gasteiger partial charge in [-0.3, -0.25) is 4.79 Å². The maximum Gasteiger partial charge on any atom is 0.259 e. The number of rotatable bonds is 2. The van der Waals surface area contributed by atoms with E-state index in [1.54, 1.807) is 24.3 Å². The first-order valence-electron chi connectivity index (χ1n) is 6.43. The molecule has 3 nitrogen and oxygen atoms in total. The van der Waals surface area contributed by atoms with Crippen molar-refractivity contribution in [2.75, 3.05) is 5.32 Å². The molecule has 3 rings (SSSR count). The number of amides is 1. The predicted octanol–water partition coefficient (Wildman–Crippen LogP) is 4.45. The van der Waals surface area contributed by atoms with Gasteiger partial charge in [-0.15, -0.1) is 0 Å². The van der Waals surface area contributed by atoms with E-state index in [0.717, 1.165) is 5.39 Å². The lowest BCUT2D eigenvalue weighted by Gasteiger charge is -2.10. The van der Waals surface area contributed by atoms with Crippen LogP contribution in [0.4, 0.5) is 5.69 Å². The molecule has 0 bridgehead atoms. The van der Waals surface area contributed by atoms with Crippen LogP contribution in [0, 0.1) is 0 Å². The van der Waals surface area contributed by atoms with E-state index in [9.17, 15) is 9.90 Å². The fraction of sp³-hybridized carbons (Fsp3) is 0. The summed E-state index contributed by atoms with van der Waals surface area (Å²) in [7, 11) is 0. The van der Waals surface area contributed by atoms with Crippen molar-refractivity contribution in [1.29, 1.82) is 0 Å². The number of para-hydroxylation sites is 1. The normalized spacial score (nSPS) is 10.5. The number of hydrogen-bond acceptors (Lipinski definition) is 2. The van der Waals surface area contributed by atoms with Crippen LogP contribution in [-0.2, 0) is 0 Å². The highest BCUT2D eigenvalue weighted by molar-refractivity contribution is 6.38. The molecule has 4 heteroatoms. The average Bonchev–Trinajstić information content (AvgIpc) is 2.52. The van der Waals surface area contributed by atoms with E-state index in [-0.39, 0.29) is 16.3 Å². The van der Waals surface area contributed by atoms with Gasteiger partial charge in [0.05, 0.1) is 10.6 Å². The first kappa shape index (κ1) is 13.5. The number of nitrogens with one attached hydrogen (secondary N) is 1. The third-order valence-corrected chi connectivity index (χ3v) is 3.62. The highest BCUT2D eigenvalue weighted by Crippen LogP contribution is 2.35. The molecule has 2 N–H and O–H groups in total. The van der Waals surface area contributed by atoms with Gasteiger partial charge in [0, 0.05) is 11.1 Å². The van der Waals surface area contributed by atoms with Crippen molar-refractivity contribution in [2.45, 2.75) is 0 Å². The van der Waals surface area contributed by atoms with Gasteiger partial charge in [-0.25, -0.2) is 0 Å². The predicted molar refractivity (Wildman–Crippen MR) is 85.0 cm³/mol. The molecule has 0 radical (unpaired) electrons. The molecule has 0 spiro atoms. The third-order valence-electron chi connectivity index (χ3n) is 3.24. The Bertz CT molecular complexity index is 816. The molecule has 0 aliphatic rings. The van der Waals surface area contributed by atoms with Crippen molar-refractivity contribution in [2.24, 2.45) is 0 Å². The number of halogens is 1. The molecule has 0 saturated heterocycles. The first-order valence-corrected chi connectivity index (χ1v) is 6.81. The van der Waals surface area contributed by atoms with E-state index in [4.69, 9.17) is 11.6 Å². The van der Waals surface area contributed by atoms with Crippen LogP contribution in [0.3, 0.4) is 0 Å². The molecule has 0 aliphatic heterocycles. The summed E-state index contributed by atoms with van der Waals surface area (Å²) in [6.07, 6.45) is 0. The van der Waals surface area contributed by atoms with Crippen molar-refractivity contribution in [3.63, 3.8) is 0 Å². The van der Waals surface area contributed by atoms with E-state index < -0.39 is 5.91 Å². The molecule has 0 unspecified atom stereocenters. The topological polar surface area (TPSA) is 49.3 Å². The standard InChI is InChI=1S/C17H12ClNO2/c18-15-13-9-5-4-6-11(13)10-14(16(15)20)17(21)19-12-7-2-1-3-8-12/h1-10,20H,(H,19,21). The number of carbonyl (C=O) groups is 1. The van der Waals surface area contributed by atoms with E-state index in [2.05, 4.69) is 5.32 Å². The van der Waals surface area contributed by atoms with Gasteiger partial charge in [0.2, 0.25) is 0 Å². The number of benzene rings is 3. The Hall–Kier alpha value is -2.52. The van der Waals surface area contributed by atoms with Crippen LogP contribution in [0.15, 0.2) is 60.7 Å². The second-order valence-corrected chi connectivity index (χ2v) is 5.01. The van der Waals surface area contributed by atoms with E-state index in [0.29, 0.717) is 11.1 Å². The Morgan fingerprint density at radius 1 is 1.00 bits per heavy atom. The van der Waals surface area contributed by atoms with Gasteiger partial charge in [-0.1, -0.05) is 54.1 Å². The van der Waals surface area contributed by atoms with Crippen LogP contribution in [0.1, 0.15) is 10.4 Å². The lowest BCUT2D eigenvalue weighted by Crippen LogP contribution is -2.12. The van der Waals surface area contributed by atoms with Gasteiger partial charge in [0.25, 0.3) is 5.91 Å². The molecule has 0 aromatic heterocycles. The van der Waals surface area contributed by atoms with E-state index in [1.807, 2.05) is 36.4 Å². The zero-order chi connectivity index (χ0) is 14.8. The maximum absolute atomic E-state index is 12.3. The van der Waals surface area contributed by atoms with Gasteiger partial charge >= 0.3 is 0 Å². The molecule has 0 heterocycles. The van der Waals surface area contributed by atoms with Gasteiger partial charge < -0.3 is 10.4 Å². The molecular weight excluding hydrogens is 286 g/mol. The summed E-state index contributed by atoms with van der Waals surface area (Å²) in [6, 6.07) is 18.0. The zero-order valence-electron chi connectivity index (χ0n) is 11.0. The van der Waals surface area contributed by atoms with Gasteiger partial charge in [-0.05, 0) is 23.6 Å². The average molecular weight is 298 g/mol. The third kappa shape index (κ3) is 2.56. The molecule has 0 atom stereocenters. The number of aromatic hydroxyl groups is 1. The molecular formula is C17H12ClNO2. The van der Waals surface area contributed by atoms with Gasteiger partial charge in [0.1, 0.15) is 5.75 Å². The van der Waals surface area contributed by atoms with Crippen LogP contribution in [0.25, 0.3) is 10.8 Å². The van der Waals surface area contributed by atoms with Crippen molar-refractivity contribution in [3.05, 3.63) is 71.2 Å². The molecule has 0 saturated carbocycles. The maximum atomic E-state index is 12.3. The minimum absolute atomic E-state index is 0.155. The van der Waals surface area contributed by atoms with E-state index >= 15 is 0 Å². The molecule has 0 aliphatic carbocycles. The Morgan fingerprint density at radius 2 is 1.67 bits per heavy atom. The quantitative estimate of drug-likeness (QED) is 0.734. The molecule has 104 valence electrons. The Balaban J connectivity index is 2.04. The fourth-order valence-corrected chi connectivity index (χ4v) is 2.46. The number of phenolic OH excluding ortho intramolecular Hbond substituents is 1. The minimum atomic E-state index is -0.397. The number of carbonyl (C=O) groups excluding carboxylic acids is 1. The monoisotopic (exact) mass is 297 g/mol. The minimum Gasteiger partial charge on any atom is -0.506 e. The summed E-state index contributed by atoms with van der Waals surface area (Å²) in [4.78, 5) is 12.3. The lowest BCUT2D eigenvalue weighted by molar-refractivity contribution is 0.102. The summed E-state index contributed by atoms with van der Waals surface area (Å²) in [5, 5.41) is 14.6. The Kier molecular flexibility index (Phi) is 3.50. The summed E-state index contributed by atoms with van der Waals surface area (Å²) in [6.45, 7) is 0. The van der Waals surface area contributed by atoms with Crippen molar-refractivity contribution < 1.29 is 9.90 Å². The number of fused-ring (bicyclic) bond motifs is 1. The van der Waals surface area contributed by atoms with Crippen LogP contribution >= 0.6 is 11.6 Å². The molecule has 21 heavy (non-hydrogen) atoms. The van der Waals surface area contributed by atoms with Crippen molar-refractivity contribution in [1.82, 2.24) is 0 Å². The second kappa shape index (κ2) is 5.46. The van der Waals surface area contributed by atoms with E-state index in [1.165, 1.54) is 0 Å². The van der Waals surface area contributed by atoms with Crippen molar-refractivity contribution in [3.8, 4) is 5.75 Å². The highest BCUT2D eigenvalue weighted by Gasteiger charge is 2.16. The summed E-state index contributed by atoms with van der Waals surface area (Å²) in [5.41, 5.74) is 0.814. The van der Waals surface area contributed by atoms with Gasteiger partial charge in [-0.2, -0.15) is 0 Å². The van der Waals surface area contributed by atoms with Crippen LogP contribution in [-0.4, -0.2) is 11.0 Å². The summed E-state index contributed by atoms with van der Waals surface area (Å²) >= 11 is 6.15. The lowest BCUT2D eigenvalue weighted by atomic mass is 10.0. The highest BCUT2D eigenvalue weighted by atomic mass is 35.5. The SMILES string of the molecule is O=C(Nc1ccccc1)c1cc2ccccc2c(Cl)c1O. The van der Waals surface area contributed by atoms with Crippen LogP contribution in [0.2, 0.25) is 5.02 Å². The molecule has 3 aromatic carbocycles. The second-order valence-electron chi connectivity index (χ2n) is 4.63. The smallest absolute Gasteiger partial charge is 0.259 e. The fourth-order valence-electron chi connectivity index (χ4n) is 2.19. The van der Waals surface area contributed by atoms with Crippen LogP contribution in [0.5, 0.6) is 5.75 Å². The van der Waals surface area contributed by atoms with Crippen LogP contribution < -0.4 is 5.32 Å². The zero-order valence-corrected chi connectivity index (χ0v) is 11.8. The van der Waals surface area contributed by atoms with Crippen molar-refractivity contribution >= 4 is 34.0 Å². The molecule has 1 amide bonds. The number of anilines is 1. The van der Waals surface area contributed by atoms with Gasteiger partial charge in [0.15, 0.2) is 0 Å². The Morgan fingerprint density at radius 3 is 2.43 bits per heavy atom.